The highest BCUT2D eigenvalue weighted by Crippen LogP contribution is 2.36. The van der Waals surface area contributed by atoms with Crippen molar-refractivity contribution in [2.75, 3.05) is 23.9 Å². The van der Waals surface area contributed by atoms with E-state index in [1.165, 1.54) is 7.11 Å². The fourth-order valence-corrected chi connectivity index (χ4v) is 4.42. The molecule has 0 saturated carbocycles. The fraction of sp³-hybridized carbons (Fsp3) is 0.320. The molecule has 2 aromatic rings. The third-order valence-electron chi connectivity index (χ3n) is 6.07. The smallest absolute Gasteiger partial charge is 0.283 e. The van der Waals surface area contributed by atoms with E-state index in [4.69, 9.17) is 16.3 Å². The SMILES string of the molecule is COc1ccc(C)cc1N1C(=O)C(Cl)=C(Nc2ccc(C(=O)N3CCCCC3C)cc2)C1=O. The van der Waals surface area contributed by atoms with Crippen molar-refractivity contribution >= 4 is 40.7 Å². The largest absolute Gasteiger partial charge is 0.495 e. The van der Waals surface area contributed by atoms with E-state index in [0.717, 1.165) is 36.3 Å². The van der Waals surface area contributed by atoms with Gasteiger partial charge in [0.25, 0.3) is 17.7 Å². The lowest BCUT2D eigenvalue weighted by atomic mass is 10.0. The van der Waals surface area contributed by atoms with Crippen LogP contribution in [0.25, 0.3) is 0 Å². The molecule has 2 aromatic carbocycles. The second-order valence-corrected chi connectivity index (χ2v) is 8.73. The molecule has 2 aliphatic rings. The Bertz CT molecular complexity index is 1140. The van der Waals surface area contributed by atoms with Gasteiger partial charge in [-0.1, -0.05) is 17.7 Å². The maximum Gasteiger partial charge on any atom is 0.283 e. The summed E-state index contributed by atoms with van der Waals surface area (Å²) in [6.45, 7) is 4.69. The Kier molecular flexibility index (Phi) is 6.42. The van der Waals surface area contributed by atoms with Gasteiger partial charge in [-0.15, -0.1) is 0 Å². The summed E-state index contributed by atoms with van der Waals surface area (Å²) in [4.78, 5) is 41.7. The van der Waals surface area contributed by atoms with Crippen molar-refractivity contribution in [3.05, 3.63) is 64.3 Å². The van der Waals surface area contributed by atoms with Crippen LogP contribution in [0.3, 0.4) is 0 Å². The summed E-state index contributed by atoms with van der Waals surface area (Å²) in [6.07, 6.45) is 3.17. The van der Waals surface area contributed by atoms with Crippen LogP contribution >= 0.6 is 11.6 Å². The van der Waals surface area contributed by atoms with Gasteiger partial charge in [0, 0.05) is 23.8 Å². The standard InChI is InChI=1S/C25H26ClN3O4/c1-15-7-12-20(33-3)19(14-15)29-24(31)21(26)22(25(29)32)27-18-10-8-17(9-11-18)23(30)28-13-5-4-6-16(28)2/h7-12,14,16,27H,4-6,13H2,1-3H3. The van der Waals surface area contributed by atoms with E-state index in [9.17, 15) is 14.4 Å². The fourth-order valence-electron chi connectivity index (χ4n) is 4.21. The number of aryl methyl sites for hydroxylation is 1. The van der Waals surface area contributed by atoms with E-state index in [1.807, 2.05) is 17.9 Å². The van der Waals surface area contributed by atoms with E-state index >= 15 is 0 Å². The summed E-state index contributed by atoms with van der Waals surface area (Å²) >= 11 is 6.26. The molecule has 1 N–H and O–H groups in total. The number of nitrogens with one attached hydrogen (secondary N) is 1. The number of methoxy groups -OCH3 is 1. The molecule has 7 nitrogen and oxygen atoms in total. The minimum Gasteiger partial charge on any atom is -0.495 e. The number of carbonyl (C=O) groups excluding carboxylic acids is 3. The van der Waals surface area contributed by atoms with Gasteiger partial charge in [0.15, 0.2) is 0 Å². The second kappa shape index (κ2) is 9.27. The van der Waals surface area contributed by atoms with Crippen LogP contribution in [0, 0.1) is 6.92 Å². The van der Waals surface area contributed by atoms with E-state index in [-0.39, 0.29) is 22.7 Å². The molecule has 33 heavy (non-hydrogen) atoms. The molecule has 4 rings (SSSR count). The Labute approximate surface area is 198 Å². The number of rotatable bonds is 5. The van der Waals surface area contributed by atoms with Crippen molar-refractivity contribution in [3.63, 3.8) is 0 Å². The van der Waals surface area contributed by atoms with Crippen molar-refractivity contribution in [2.45, 2.75) is 39.2 Å². The molecular formula is C25H26ClN3O4. The first-order valence-corrected chi connectivity index (χ1v) is 11.3. The average Bonchev–Trinajstić information content (AvgIpc) is 3.02. The molecule has 1 fully saturated rings. The van der Waals surface area contributed by atoms with E-state index in [0.29, 0.717) is 22.7 Å². The molecule has 0 aliphatic carbocycles. The monoisotopic (exact) mass is 467 g/mol. The molecule has 1 atom stereocenters. The first-order valence-electron chi connectivity index (χ1n) is 10.9. The zero-order valence-electron chi connectivity index (χ0n) is 18.9. The Morgan fingerprint density at radius 3 is 2.48 bits per heavy atom. The second-order valence-electron chi connectivity index (χ2n) is 8.36. The van der Waals surface area contributed by atoms with Gasteiger partial charge in [-0.05, 0) is 75.1 Å². The van der Waals surface area contributed by atoms with Gasteiger partial charge >= 0.3 is 0 Å². The first-order chi connectivity index (χ1) is 15.8. The van der Waals surface area contributed by atoms with Crippen LogP contribution in [-0.2, 0) is 9.59 Å². The summed E-state index contributed by atoms with van der Waals surface area (Å²) in [5.41, 5.74) is 2.31. The number of halogens is 1. The van der Waals surface area contributed by atoms with Gasteiger partial charge in [-0.2, -0.15) is 0 Å². The lowest BCUT2D eigenvalue weighted by molar-refractivity contribution is -0.120. The Morgan fingerprint density at radius 2 is 1.82 bits per heavy atom. The quantitative estimate of drug-likeness (QED) is 0.657. The Hall–Kier alpha value is -3.32. The first kappa shape index (κ1) is 22.9. The molecule has 0 radical (unpaired) electrons. The molecule has 2 aliphatic heterocycles. The summed E-state index contributed by atoms with van der Waals surface area (Å²) < 4.78 is 5.33. The number of carbonyl (C=O) groups is 3. The third kappa shape index (κ3) is 4.33. The number of ether oxygens (including phenoxy) is 1. The van der Waals surface area contributed by atoms with Gasteiger partial charge in [0.05, 0.1) is 12.8 Å². The van der Waals surface area contributed by atoms with Crippen LogP contribution in [0.15, 0.2) is 53.2 Å². The maximum absolute atomic E-state index is 13.1. The maximum atomic E-state index is 13.1. The molecule has 0 bridgehead atoms. The minimum atomic E-state index is -0.626. The number of benzene rings is 2. The lowest BCUT2D eigenvalue weighted by Crippen LogP contribution is -2.42. The van der Waals surface area contributed by atoms with Crippen molar-refractivity contribution in [1.29, 1.82) is 0 Å². The Morgan fingerprint density at radius 1 is 1.09 bits per heavy atom. The zero-order valence-corrected chi connectivity index (χ0v) is 19.6. The number of amides is 3. The molecule has 1 unspecified atom stereocenters. The molecule has 1 saturated heterocycles. The Balaban J connectivity index is 1.53. The van der Waals surface area contributed by atoms with Crippen LogP contribution in [0.5, 0.6) is 5.75 Å². The number of anilines is 2. The van der Waals surface area contributed by atoms with Gasteiger partial charge < -0.3 is 15.0 Å². The summed E-state index contributed by atoms with van der Waals surface area (Å²) in [5.74, 6) is -0.811. The van der Waals surface area contributed by atoms with Crippen molar-refractivity contribution in [1.82, 2.24) is 4.90 Å². The molecule has 8 heteroatoms. The highest BCUT2D eigenvalue weighted by atomic mass is 35.5. The summed E-state index contributed by atoms with van der Waals surface area (Å²) in [5, 5.41) is 2.74. The van der Waals surface area contributed by atoms with Crippen molar-refractivity contribution < 1.29 is 19.1 Å². The summed E-state index contributed by atoms with van der Waals surface area (Å²) in [7, 11) is 1.47. The molecule has 3 amide bonds. The van der Waals surface area contributed by atoms with Gasteiger partial charge in [-0.3, -0.25) is 14.4 Å². The van der Waals surface area contributed by atoms with Crippen LogP contribution in [0.2, 0.25) is 0 Å². The minimum absolute atomic E-state index is 0.00386. The molecule has 0 aromatic heterocycles. The number of hydrogen-bond donors (Lipinski definition) is 1. The van der Waals surface area contributed by atoms with Crippen molar-refractivity contribution in [2.24, 2.45) is 0 Å². The van der Waals surface area contributed by atoms with Crippen LogP contribution < -0.4 is 15.0 Å². The molecule has 172 valence electrons. The number of nitrogens with zero attached hydrogens (tertiary/aromatic N) is 2. The number of hydrogen-bond acceptors (Lipinski definition) is 5. The lowest BCUT2D eigenvalue weighted by Gasteiger charge is -2.33. The van der Waals surface area contributed by atoms with E-state index in [2.05, 4.69) is 12.2 Å². The number of imide groups is 1. The van der Waals surface area contributed by atoms with Crippen LogP contribution in [0.4, 0.5) is 11.4 Å². The summed E-state index contributed by atoms with van der Waals surface area (Å²) in [6, 6.07) is 12.3. The average molecular weight is 468 g/mol. The predicted molar refractivity (Wildman–Crippen MR) is 128 cm³/mol. The topological polar surface area (TPSA) is 79.0 Å². The molecular weight excluding hydrogens is 442 g/mol. The third-order valence-corrected chi connectivity index (χ3v) is 6.42. The highest BCUT2D eigenvalue weighted by molar-refractivity contribution is 6.53. The van der Waals surface area contributed by atoms with Crippen LogP contribution in [0.1, 0.15) is 42.1 Å². The van der Waals surface area contributed by atoms with Crippen LogP contribution in [-0.4, -0.2) is 42.3 Å². The van der Waals surface area contributed by atoms with E-state index in [1.54, 1.807) is 36.4 Å². The van der Waals surface area contributed by atoms with Gasteiger partial charge in [0.1, 0.15) is 16.5 Å². The highest BCUT2D eigenvalue weighted by Gasteiger charge is 2.40. The van der Waals surface area contributed by atoms with Gasteiger partial charge in [-0.25, -0.2) is 4.90 Å². The van der Waals surface area contributed by atoms with Gasteiger partial charge in [0.2, 0.25) is 0 Å². The molecule has 2 heterocycles. The van der Waals surface area contributed by atoms with Crippen molar-refractivity contribution in [3.8, 4) is 5.75 Å². The number of likely N-dealkylation sites (tertiary alicyclic amines) is 1. The number of piperidine rings is 1. The zero-order chi connectivity index (χ0) is 23.7. The van der Waals surface area contributed by atoms with E-state index < -0.39 is 11.8 Å². The predicted octanol–water partition coefficient (Wildman–Crippen LogP) is 4.45. The normalized spacial score (nSPS) is 18.7. The molecule has 0 spiro atoms.